The fourth-order valence-corrected chi connectivity index (χ4v) is 1.46. The van der Waals surface area contributed by atoms with Gasteiger partial charge in [-0.15, -0.1) is 12.3 Å². The summed E-state index contributed by atoms with van der Waals surface area (Å²) in [5.41, 5.74) is 1.07. The Labute approximate surface area is 82.2 Å². The van der Waals surface area contributed by atoms with Crippen LogP contribution in [0.1, 0.15) is 5.69 Å². The zero-order valence-corrected chi connectivity index (χ0v) is 7.67. The highest BCUT2D eigenvalue weighted by molar-refractivity contribution is 8.00. The molecule has 0 aromatic carbocycles. The average Bonchev–Trinajstić information content (AvgIpc) is 2.34. The zero-order chi connectivity index (χ0) is 10.8. The first-order valence-corrected chi connectivity index (χ1v) is 4.27. The molecule has 1 aromatic rings. The second-order valence-electron chi connectivity index (χ2n) is 2.35. The molecule has 0 aliphatic rings. The summed E-state index contributed by atoms with van der Waals surface area (Å²) in [7, 11) is 0. The molecule has 0 saturated carbocycles. The SMILES string of the molecule is C#CCc1[nH]nc(N)c1SC(F)(F)F. The Balaban J connectivity index is 2.95. The number of rotatable bonds is 2. The van der Waals surface area contributed by atoms with Crippen molar-refractivity contribution < 1.29 is 13.2 Å². The van der Waals surface area contributed by atoms with Gasteiger partial charge in [-0.3, -0.25) is 5.10 Å². The fraction of sp³-hybridized carbons (Fsp3) is 0.286. The summed E-state index contributed by atoms with van der Waals surface area (Å²) in [6.45, 7) is 0. The number of nitrogen functional groups attached to an aromatic ring is 1. The van der Waals surface area contributed by atoms with Gasteiger partial charge in [0.2, 0.25) is 0 Å². The van der Waals surface area contributed by atoms with Gasteiger partial charge in [0.1, 0.15) is 0 Å². The van der Waals surface area contributed by atoms with E-state index < -0.39 is 5.51 Å². The first-order valence-electron chi connectivity index (χ1n) is 3.46. The summed E-state index contributed by atoms with van der Waals surface area (Å²) in [5, 5.41) is 5.81. The van der Waals surface area contributed by atoms with Gasteiger partial charge in [0.25, 0.3) is 0 Å². The van der Waals surface area contributed by atoms with Crippen molar-refractivity contribution in [3.05, 3.63) is 5.69 Å². The quantitative estimate of drug-likeness (QED) is 0.591. The number of anilines is 1. The maximum absolute atomic E-state index is 12.0. The lowest BCUT2D eigenvalue weighted by Gasteiger charge is -2.04. The molecule has 1 heterocycles. The van der Waals surface area contributed by atoms with Gasteiger partial charge in [-0.25, -0.2) is 0 Å². The number of hydrogen-bond acceptors (Lipinski definition) is 3. The molecule has 0 amide bonds. The minimum Gasteiger partial charge on any atom is -0.381 e. The highest BCUT2D eigenvalue weighted by Gasteiger charge is 2.32. The molecular formula is C7H6F3N3S. The van der Waals surface area contributed by atoms with Crippen molar-refractivity contribution >= 4 is 17.6 Å². The second-order valence-corrected chi connectivity index (χ2v) is 3.42. The van der Waals surface area contributed by atoms with Crippen LogP contribution in [0, 0.1) is 12.3 Å². The number of thioether (sulfide) groups is 1. The maximum atomic E-state index is 12.0. The number of nitrogens with one attached hydrogen (secondary N) is 1. The third-order valence-corrected chi connectivity index (χ3v) is 2.21. The van der Waals surface area contributed by atoms with E-state index in [1.54, 1.807) is 0 Å². The Kier molecular flexibility index (Phi) is 2.96. The number of alkyl halides is 3. The molecular weight excluding hydrogens is 215 g/mol. The Morgan fingerprint density at radius 3 is 2.71 bits per heavy atom. The number of aromatic nitrogens is 2. The highest BCUT2D eigenvalue weighted by atomic mass is 32.2. The minimum absolute atomic E-state index is 0.0443. The lowest BCUT2D eigenvalue weighted by Crippen LogP contribution is -2.01. The molecule has 0 saturated heterocycles. The molecule has 0 aliphatic heterocycles. The van der Waals surface area contributed by atoms with E-state index >= 15 is 0 Å². The van der Waals surface area contributed by atoms with Crippen molar-refractivity contribution in [3.8, 4) is 12.3 Å². The van der Waals surface area contributed by atoms with Crippen LogP contribution in [0.4, 0.5) is 19.0 Å². The maximum Gasteiger partial charge on any atom is 0.446 e. The summed E-state index contributed by atoms with van der Waals surface area (Å²) < 4.78 is 36.1. The van der Waals surface area contributed by atoms with Crippen molar-refractivity contribution in [3.63, 3.8) is 0 Å². The number of aromatic amines is 1. The van der Waals surface area contributed by atoms with Gasteiger partial charge in [-0.05, 0) is 11.8 Å². The summed E-state index contributed by atoms with van der Waals surface area (Å²) in [6, 6.07) is 0. The molecule has 0 atom stereocenters. The molecule has 14 heavy (non-hydrogen) atoms. The predicted octanol–water partition coefficient (Wildman–Crippen LogP) is 1.78. The number of halogens is 3. The molecule has 0 spiro atoms. The number of nitrogens with two attached hydrogens (primary N) is 1. The van der Waals surface area contributed by atoms with E-state index in [-0.39, 0.29) is 34.6 Å². The van der Waals surface area contributed by atoms with Crippen molar-refractivity contribution in [2.45, 2.75) is 16.8 Å². The largest absolute Gasteiger partial charge is 0.446 e. The monoisotopic (exact) mass is 221 g/mol. The van der Waals surface area contributed by atoms with Crippen LogP contribution in [0.2, 0.25) is 0 Å². The Morgan fingerprint density at radius 2 is 2.21 bits per heavy atom. The molecule has 0 unspecified atom stereocenters. The van der Waals surface area contributed by atoms with Crippen LogP contribution in [0.5, 0.6) is 0 Å². The smallest absolute Gasteiger partial charge is 0.381 e. The van der Waals surface area contributed by atoms with E-state index in [0.717, 1.165) is 0 Å². The van der Waals surface area contributed by atoms with Crippen molar-refractivity contribution in [1.82, 2.24) is 10.2 Å². The molecule has 7 heteroatoms. The molecule has 76 valence electrons. The van der Waals surface area contributed by atoms with Crippen molar-refractivity contribution in [2.75, 3.05) is 5.73 Å². The third kappa shape index (κ3) is 2.60. The molecule has 1 rings (SSSR count). The fourth-order valence-electron chi connectivity index (χ4n) is 0.835. The van der Waals surface area contributed by atoms with E-state index in [2.05, 4.69) is 16.1 Å². The number of terminal acetylenes is 1. The van der Waals surface area contributed by atoms with Crippen molar-refractivity contribution in [1.29, 1.82) is 0 Å². The Morgan fingerprint density at radius 1 is 1.57 bits per heavy atom. The standard InChI is InChI=1S/C7H6F3N3S/c1-2-3-4-5(6(11)13-12-4)14-7(8,9)10/h1H,3H2,(H3,11,12,13). The molecule has 0 aliphatic carbocycles. The second kappa shape index (κ2) is 3.84. The summed E-state index contributed by atoms with van der Waals surface area (Å²) in [5.74, 6) is 2.03. The lowest BCUT2D eigenvalue weighted by molar-refractivity contribution is -0.0328. The molecule has 3 N–H and O–H groups in total. The highest BCUT2D eigenvalue weighted by Crippen LogP contribution is 2.40. The summed E-state index contributed by atoms with van der Waals surface area (Å²) in [6.07, 6.45) is 5.02. The van der Waals surface area contributed by atoms with Crippen LogP contribution in [-0.4, -0.2) is 15.7 Å². The first kappa shape index (κ1) is 10.8. The topological polar surface area (TPSA) is 54.7 Å². The Hall–Kier alpha value is -1.29. The number of H-pyrrole nitrogens is 1. The molecule has 0 bridgehead atoms. The molecule has 0 radical (unpaired) electrons. The van der Waals surface area contributed by atoms with E-state index in [1.165, 1.54) is 0 Å². The van der Waals surface area contributed by atoms with Crippen LogP contribution in [0.25, 0.3) is 0 Å². The van der Waals surface area contributed by atoms with Crippen molar-refractivity contribution in [2.24, 2.45) is 0 Å². The van der Waals surface area contributed by atoms with Gasteiger partial charge in [0, 0.05) is 0 Å². The molecule has 3 nitrogen and oxygen atoms in total. The van der Waals surface area contributed by atoms with E-state index in [4.69, 9.17) is 12.2 Å². The average molecular weight is 221 g/mol. The lowest BCUT2D eigenvalue weighted by atomic mass is 10.3. The van der Waals surface area contributed by atoms with Crippen LogP contribution in [0.15, 0.2) is 4.90 Å². The molecule has 0 fully saturated rings. The van der Waals surface area contributed by atoms with Gasteiger partial charge < -0.3 is 5.73 Å². The normalized spacial score (nSPS) is 11.3. The molecule has 1 aromatic heterocycles. The number of hydrogen-bond donors (Lipinski definition) is 2. The van der Waals surface area contributed by atoms with Crippen LogP contribution >= 0.6 is 11.8 Å². The number of nitrogens with zero attached hydrogens (tertiary/aromatic N) is 1. The summed E-state index contributed by atoms with van der Waals surface area (Å²) in [4.78, 5) is -0.143. The van der Waals surface area contributed by atoms with Gasteiger partial charge >= 0.3 is 5.51 Å². The van der Waals surface area contributed by atoms with E-state index in [1.807, 2.05) is 0 Å². The first-order chi connectivity index (χ1) is 6.44. The van der Waals surface area contributed by atoms with Crippen LogP contribution < -0.4 is 5.73 Å². The zero-order valence-electron chi connectivity index (χ0n) is 6.85. The third-order valence-electron chi connectivity index (χ3n) is 1.31. The Bertz CT molecular complexity index is 363. The van der Waals surface area contributed by atoms with Gasteiger partial charge in [0.15, 0.2) is 5.82 Å². The van der Waals surface area contributed by atoms with Crippen LogP contribution in [0.3, 0.4) is 0 Å². The minimum atomic E-state index is -4.39. The predicted molar refractivity (Wildman–Crippen MR) is 47.4 cm³/mol. The van der Waals surface area contributed by atoms with Gasteiger partial charge in [-0.1, -0.05) is 0 Å². The van der Waals surface area contributed by atoms with E-state index in [0.29, 0.717) is 0 Å². The van der Waals surface area contributed by atoms with Gasteiger partial charge in [0.05, 0.1) is 17.0 Å². The summed E-state index contributed by atoms with van der Waals surface area (Å²) >= 11 is -0.314. The van der Waals surface area contributed by atoms with Crippen LogP contribution in [-0.2, 0) is 6.42 Å². The van der Waals surface area contributed by atoms with Gasteiger partial charge in [-0.2, -0.15) is 18.3 Å². The van der Waals surface area contributed by atoms with E-state index in [9.17, 15) is 13.2 Å².